The molecule has 2 unspecified atom stereocenters. The van der Waals surface area contributed by atoms with E-state index >= 15 is 0 Å². The van der Waals surface area contributed by atoms with Gasteiger partial charge in [0.05, 0.1) is 29.8 Å². The van der Waals surface area contributed by atoms with E-state index in [-0.39, 0.29) is 46.1 Å². The third-order valence-corrected chi connectivity index (χ3v) is 23.1. The Balaban J connectivity index is 1.94. The third kappa shape index (κ3) is 8.50. The van der Waals surface area contributed by atoms with E-state index in [1.807, 2.05) is 13.8 Å². The highest BCUT2D eigenvalue weighted by Crippen LogP contribution is 2.58. The molecule has 0 aromatic heterocycles. The van der Waals surface area contributed by atoms with Crippen molar-refractivity contribution in [2.24, 2.45) is 17.8 Å². The van der Waals surface area contributed by atoms with Crippen LogP contribution in [0.3, 0.4) is 0 Å². The zero-order valence-electron chi connectivity index (χ0n) is 37.4. The molecule has 4 rings (SSSR count). The van der Waals surface area contributed by atoms with E-state index < -0.39 is 64.1 Å². The second-order valence-corrected chi connectivity index (χ2v) is 30.3. The van der Waals surface area contributed by atoms with E-state index in [0.717, 1.165) is 18.4 Å². The summed E-state index contributed by atoms with van der Waals surface area (Å²) < 4.78 is 50.2. The number of carbonyl (C=O) groups is 1. The van der Waals surface area contributed by atoms with E-state index in [4.69, 9.17) is 32.5 Å². The Bertz CT molecular complexity index is 1340. The van der Waals surface area contributed by atoms with Crippen molar-refractivity contribution in [1.29, 1.82) is 0 Å². The summed E-state index contributed by atoms with van der Waals surface area (Å²) in [6.07, 6.45) is 2.46. The van der Waals surface area contributed by atoms with Gasteiger partial charge in [-0.25, -0.2) is 0 Å². The molecule has 4 aliphatic rings. The van der Waals surface area contributed by atoms with E-state index in [0.29, 0.717) is 12.8 Å². The molecule has 0 aromatic rings. The molecule has 13 atom stereocenters. The minimum absolute atomic E-state index is 0.00460. The molecule has 11 heteroatoms. The van der Waals surface area contributed by atoms with Crippen LogP contribution in [-0.2, 0) is 37.3 Å². The van der Waals surface area contributed by atoms with E-state index in [1.165, 1.54) is 0 Å². The number of cyclic esters (lactones) is 1. The molecule has 53 heavy (non-hydrogen) atoms. The zero-order valence-corrected chi connectivity index (χ0v) is 39.4. The lowest BCUT2D eigenvalue weighted by Gasteiger charge is -2.52. The second kappa shape index (κ2) is 15.3. The summed E-state index contributed by atoms with van der Waals surface area (Å²) in [5.41, 5.74) is -0.584. The smallest absolute Gasteiger partial charge is 0.311 e. The summed E-state index contributed by atoms with van der Waals surface area (Å²) in [4.78, 5) is 16.7. The second-order valence-electron chi connectivity index (χ2n) is 20.8. The van der Waals surface area contributed by atoms with Crippen LogP contribution in [0.4, 0.5) is 0 Å². The molecule has 3 fully saturated rings. The quantitative estimate of drug-likeness (QED) is 0.129. The monoisotopic (exact) mass is 782 g/mol. The number of ether oxygens (including phenoxy) is 5. The van der Waals surface area contributed by atoms with Gasteiger partial charge in [-0.15, -0.1) is 0 Å². The topological polar surface area (TPSA) is 84.9 Å². The fourth-order valence-electron chi connectivity index (χ4n) is 8.88. The molecule has 4 heterocycles. The highest BCUT2D eigenvalue weighted by molar-refractivity contribution is 6.74. The van der Waals surface area contributed by atoms with Crippen LogP contribution in [0, 0.1) is 17.8 Å². The Kier molecular flexibility index (Phi) is 13.0. The molecule has 0 aliphatic carbocycles. The van der Waals surface area contributed by atoms with Crippen molar-refractivity contribution < 1.29 is 37.3 Å². The van der Waals surface area contributed by atoms with Gasteiger partial charge in [0.2, 0.25) is 0 Å². The Morgan fingerprint density at radius 3 is 1.92 bits per heavy atom. The first kappa shape index (κ1) is 45.1. The number of fused-ring (bicyclic) bond motifs is 2. The van der Waals surface area contributed by atoms with Crippen LogP contribution in [-0.4, -0.2) is 101 Å². The molecule has 0 amide bonds. The van der Waals surface area contributed by atoms with Gasteiger partial charge < -0.3 is 37.4 Å². The highest BCUT2D eigenvalue weighted by atomic mass is 28.4. The van der Waals surface area contributed by atoms with Crippen molar-refractivity contribution in [3.05, 3.63) is 11.6 Å². The van der Waals surface area contributed by atoms with Crippen LogP contribution in [0.25, 0.3) is 0 Å². The van der Waals surface area contributed by atoms with Gasteiger partial charge >= 0.3 is 5.97 Å². The first-order chi connectivity index (χ1) is 24.0. The minimum Gasteiger partial charge on any atom is -0.459 e. The van der Waals surface area contributed by atoms with Crippen LogP contribution < -0.4 is 0 Å². The minimum atomic E-state index is -2.41. The van der Waals surface area contributed by atoms with Gasteiger partial charge in [0, 0.05) is 17.9 Å². The maximum Gasteiger partial charge on any atom is 0.311 e. The standard InChI is InChI=1S/C42H79NO8Si2/c1-21-30-25-40(13)32(22-2)46-36(44)29(6)33(48-52(17,18)38(7,8)9)28(5)35(41(14)24-26(3)42(30,50-40)51-41)47-37-34(49-53(19,20)39(10,11)12)31(43(15)16)23-27(4)45-37/h25-29,31-35,37H,21-24H2,1-20H3/t26-,27-,28+,29-,31+,32-,33+,34-,35-,37+,40?,41-,42?/m1/s1. The molecule has 4 aliphatic heterocycles. The van der Waals surface area contributed by atoms with Crippen LogP contribution in [0.15, 0.2) is 11.6 Å². The van der Waals surface area contributed by atoms with Crippen molar-refractivity contribution in [3.8, 4) is 0 Å². The van der Waals surface area contributed by atoms with Gasteiger partial charge in [0.25, 0.3) is 0 Å². The van der Waals surface area contributed by atoms with Gasteiger partial charge in [-0.2, -0.15) is 0 Å². The van der Waals surface area contributed by atoms with Crippen LogP contribution in [0.2, 0.25) is 36.3 Å². The van der Waals surface area contributed by atoms with E-state index in [9.17, 15) is 4.79 Å². The SMILES string of the molecule is CCC1=CC2(C)OC13O[C@](C)(C[C@H]3C)[C@H](O[C@@H]1O[C@H](C)C[C@H](N(C)C)[C@H]1O[Si](C)(C)C(C)(C)C)[C@@H](C)[C@H](O[Si](C)(C)C(C)(C)C)[C@@H](C)C(=O)O[C@@H]2CC. The average Bonchev–Trinajstić information content (AvgIpc) is 3.46. The maximum absolute atomic E-state index is 14.5. The lowest BCUT2D eigenvalue weighted by atomic mass is 9.78. The number of hydrogen-bond acceptors (Lipinski definition) is 9. The molecule has 0 N–H and O–H groups in total. The number of esters is 1. The number of likely N-dealkylation sites (N-methyl/N-ethyl adjacent to an activating group) is 1. The summed E-state index contributed by atoms with van der Waals surface area (Å²) in [5.74, 6) is -2.13. The predicted molar refractivity (Wildman–Crippen MR) is 218 cm³/mol. The zero-order chi connectivity index (χ0) is 40.5. The molecule has 9 nitrogen and oxygen atoms in total. The molecular weight excluding hydrogens is 703 g/mol. The average molecular weight is 782 g/mol. The first-order valence-corrected chi connectivity index (χ1v) is 26.5. The normalized spacial score (nSPS) is 41.9. The molecule has 3 bridgehead atoms. The Morgan fingerprint density at radius 2 is 1.43 bits per heavy atom. The van der Waals surface area contributed by atoms with Crippen molar-refractivity contribution in [3.63, 3.8) is 0 Å². The molecule has 308 valence electrons. The van der Waals surface area contributed by atoms with Crippen LogP contribution in [0.1, 0.15) is 123 Å². The summed E-state index contributed by atoms with van der Waals surface area (Å²) in [7, 11) is -0.435. The van der Waals surface area contributed by atoms with Crippen molar-refractivity contribution in [2.45, 2.75) is 219 Å². The fraction of sp³-hybridized carbons (Fsp3) is 0.929. The molecular formula is C42H79NO8Si2. The summed E-state index contributed by atoms with van der Waals surface area (Å²) in [6, 6.07) is 0.0784. The van der Waals surface area contributed by atoms with Gasteiger partial charge in [-0.3, -0.25) is 4.79 Å². The van der Waals surface area contributed by atoms with Gasteiger partial charge in [0.1, 0.15) is 17.8 Å². The molecule has 0 saturated carbocycles. The van der Waals surface area contributed by atoms with Gasteiger partial charge in [0.15, 0.2) is 28.7 Å². The Morgan fingerprint density at radius 1 is 0.887 bits per heavy atom. The number of carbonyl (C=O) groups excluding carboxylic acids is 1. The van der Waals surface area contributed by atoms with Crippen molar-refractivity contribution >= 4 is 22.6 Å². The summed E-state index contributed by atoms with van der Waals surface area (Å²) >= 11 is 0. The summed E-state index contributed by atoms with van der Waals surface area (Å²) in [5, 5.41) is -0.0954. The van der Waals surface area contributed by atoms with Crippen molar-refractivity contribution in [1.82, 2.24) is 4.90 Å². The number of nitrogens with zero attached hydrogens (tertiary/aromatic N) is 1. The lowest BCUT2D eigenvalue weighted by Crippen LogP contribution is -2.63. The molecule has 0 radical (unpaired) electrons. The van der Waals surface area contributed by atoms with Crippen molar-refractivity contribution in [2.75, 3.05) is 14.1 Å². The predicted octanol–water partition coefficient (Wildman–Crippen LogP) is 9.46. The number of hydrogen-bond donors (Lipinski definition) is 0. The largest absolute Gasteiger partial charge is 0.459 e. The third-order valence-electron chi connectivity index (χ3n) is 14.1. The van der Waals surface area contributed by atoms with Crippen LogP contribution in [0.5, 0.6) is 0 Å². The highest BCUT2D eigenvalue weighted by Gasteiger charge is 2.66. The summed E-state index contributed by atoms with van der Waals surface area (Å²) in [6.45, 7) is 39.6. The maximum atomic E-state index is 14.5. The first-order valence-electron chi connectivity index (χ1n) is 20.6. The molecule has 0 aromatic carbocycles. The van der Waals surface area contributed by atoms with Crippen LogP contribution >= 0.6 is 0 Å². The number of rotatable bonds is 9. The Hall–Kier alpha value is -0.636. The lowest BCUT2D eigenvalue weighted by molar-refractivity contribution is -0.326. The van der Waals surface area contributed by atoms with Gasteiger partial charge in [-0.05, 0) is 115 Å². The van der Waals surface area contributed by atoms with Gasteiger partial charge in [-0.1, -0.05) is 69.2 Å². The van der Waals surface area contributed by atoms with E-state index in [2.05, 4.69) is 134 Å². The fourth-order valence-corrected chi connectivity index (χ4v) is 11.6. The molecule has 1 spiro atoms. The Labute approximate surface area is 326 Å². The molecule has 3 saturated heterocycles. The van der Waals surface area contributed by atoms with E-state index in [1.54, 1.807) is 0 Å².